The number of para-hydroxylation sites is 1. The molecule has 1 heterocycles. The van der Waals surface area contributed by atoms with E-state index in [-0.39, 0.29) is 11.9 Å². The van der Waals surface area contributed by atoms with Crippen molar-refractivity contribution in [3.8, 4) is 0 Å². The molecule has 0 amide bonds. The molecule has 1 atom stereocenters. The Kier molecular flexibility index (Phi) is 3.93. The first-order chi connectivity index (χ1) is 10.2. The van der Waals surface area contributed by atoms with Crippen LogP contribution in [0.15, 0.2) is 42.5 Å². The summed E-state index contributed by atoms with van der Waals surface area (Å²) in [6.45, 7) is 2.84. The molecule has 1 unspecified atom stereocenters. The van der Waals surface area contributed by atoms with E-state index in [0.29, 0.717) is 6.42 Å². The first kappa shape index (κ1) is 14.1. The van der Waals surface area contributed by atoms with Gasteiger partial charge in [-0.15, -0.1) is 0 Å². The van der Waals surface area contributed by atoms with Crippen LogP contribution in [0.1, 0.15) is 24.5 Å². The smallest absolute Gasteiger partial charge is 0.128 e. The van der Waals surface area contributed by atoms with Gasteiger partial charge in [0.2, 0.25) is 0 Å². The zero-order valence-corrected chi connectivity index (χ0v) is 12.3. The van der Waals surface area contributed by atoms with Crippen LogP contribution in [0.2, 0.25) is 0 Å². The van der Waals surface area contributed by atoms with Crippen LogP contribution in [0.3, 0.4) is 0 Å². The summed E-state index contributed by atoms with van der Waals surface area (Å²) in [6, 6.07) is 13.6. The number of aryl methyl sites for hydroxylation is 1. The molecular weight excluding hydrogens is 263 g/mol. The van der Waals surface area contributed by atoms with Crippen molar-refractivity contribution in [2.24, 2.45) is 5.73 Å². The van der Waals surface area contributed by atoms with Gasteiger partial charge in [-0.2, -0.15) is 0 Å². The molecule has 0 aromatic heterocycles. The number of halogens is 1. The Labute approximate surface area is 125 Å². The topological polar surface area (TPSA) is 29.3 Å². The van der Waals surface area contributed by atoms with Crippen LogP contribution in [0, 0.1) is 5.82 Å². The Morgan fingerprint density at radius 2 is 1.90 bits per heavy atom. The van der Waals surface area contributed by atoms with Crippen molar-refractivity contribution in [3.05, 3.63) is 59.4 Å². The van der Waals surface area contributed by atoms with Gasteiger partial charge in [0.15, 0.2) is 0 Å². The molecule has 2 aromatic carbocycles. The minimum absolute atomic E-state index is 0.0549. The number of nitrogens with zero attached hydrogens (tertiary/aromatic N) is 1. The average Bonchev–Trinajstić information content (AvgIpc) is 2.48. The predicted octanol–water partition coefficient (Wildman–Crippen LogP) is 3.80. The van der Waals surface area contributed by atoms with Gasteiger partial charge in [0.05, 0.1) is 0 Å². The first-order valence-corrected chi connectivity index (χ1v) is 7.55. The molecule has 0 saturated carbocycles. The van der Waals surface area contributed by atoms with Crippen LogP contribution >= 0.6 is 0 Å². The lowest BCUT2D eigenvalue weighted by atomic mass is 9.98. The zero-order chi connectivity index (χ0) is 14.8. The summed E-state index contributed by atoms with van der Waals surface area (Å²) >= 11 is 0. The molecule has 1 aliphatic rings. The van der Waals surface area contributed by atoms with Crippen molar-refractivity contribution in [1.29, 1.82) is 0 Å². The molecular formula is C18H21FN2. The summed E-state index contributed by atoms with van der Waals surface area (Å²) in [5, 5.41) is 0. The average molecular weight is 284 g/mol. The molecule has 0 radical (unpaired) electrons. The molecule has 2 nitrogen and oxygen atoms in total. The molecule has 3 heteroatoms. The molecule has 3 rings (SSSR count). The van der Waals surface area contributed by atoms with E-state index in [1.807, 2.05) is 19.1 Å². The quantitative estimate of drug-likeness (QED) is 0.929. The van der Waals surface area contributed by atoms with Crippen molar-refractivity contribution in [3.63, 3.8) is 0 Å². The van der Waals surface area contributed by atoms with Crippen LogP contribution in [0.25, 0.3) is 0 Å². The molecule has 0 saturated heterocycles. The van der Waals surface area contributed by atoms with Gasteiger partial charge in [0.1, 0.15) is 5.82 Å². The van der Waals surface area contributed by atoms with E-state index >= 15 is 0 Å². The van der Waals surface area contributed by atoms with E-state index < -0.39 is 0 Å². The van der Waals surface area contributed by atoms with Crippen molar-refractivity contribution < 1.29 is 4.39 Å². The van der Waals surface area contributed by atoms with Crippen LogP contribution in [-0.2, 0) is 12.8 Å². The second kappa shape index (κ2) is 5.86. The molecule has 2 aromatic rings. The fourth-order valence-corrected chi connectivity index (χ4v) is 3.11. The minimum Gasteiger partial charge on any atom is -0.341 e. The number of anilines is 2. The number of nitrogens with two attached hydrogens (primary N) is 1. The molecule has 21 heavy (non-hydrogen) atoms. The molecule has 2 N–H and O–H groups in total. The van der Waals surface area contributed by atoms with Crippen LogP contribution in [0.4, 0.5) is 15.8 Å². The van der Waals surface area contributed by atoms with E-state index in [0.717, 1.165) is 30.6 Å². The molecule has 0 fully saturated rings. The third-order valence-electron chi connectivity index (χ3n) is 4.02. The lowest BCUT2D eigenvalue weighted by Crippen LogP contribution is -2.27. The maximum absolute atomic E-state index is 14.3. The highest BCUT2D eigenvalue weighted by molar-refractivity contribution is 5.70. The lowest BCUT2D eigenvalue weighted by Gasteiger charge is -2.33. The van der Waals surface area contributed by atoms with Crippen molar-refractivity contribution in [1.82, 2.24) is 0 Å². The highest BCUT2D eigenvalue weighted by Crippen LogP contribution is 2.36. The summed E-state index contributed by atoms with van der Waals surface area (Å²) in [5.41, 5.74) is 10.1. The van der Waals surface area contributed by atoms with Gasteiger partial charge < -0.3 is 10.6 Å². The second-order valence-corrected chi connectivity index (χ2v) is 5.80. The van der Waals surface area contributed by atoms with E-state index in [1.54, 1.807) is 6.07 Å². The summed E-state index contributed by atoms with van der Waals surface area (Å²) in [6.07, 6.45) is 2.73. The highest BCUT2D eigenvalue weighted by atomic mass is 19.1. The molecule has 110 valence electrons. The van der Waals surface area contributed by atoms with Crippen LogP contribution in [0.5, 0.6) is 0 Å². The maximum atomic E-state index is 14.3. The second-order valence-electron chi connectivity index (χ2n) is 5.80. The Balaban J connectivity index is 2.07. The van der Waals surface area contributed by atoms with E-state index in [9.17, 15) is 4.39 Å². The SMILES string of the molecule is CC(N)Cc1c(F)cccc1N1CCCc2ccccc21. The lowest BCUT2D eigenvalue weighted by molar-refractivity contribution is 0.594. The molecule has 0 aliphatic carbocycles. The van der Waals surface area contributed by atoms with Gasteiger partial charge in [-0.05, 0) is 49.9 Å². The van der Waals surface area contributed by atoms with Crippen LogP contribution < -0.4 is 10.6 Å². The standard InChI is InChI=1S/C18H21FN2/c1-13(20)12-15-16(19)8-4-10-18(15)21-11-5-7-14-6-2-3-9-17(14)21/h2-4,6,8-10,13H,5,7,11-12,20H2,1H3. The fourth-order valence-electron chi connectivity index (χ4n) is 3.11. The normalized spacial score (nSPS) is 15.7. The van der Waals surface area contributed by atoms with E-state index in [1.165, 1.54) is 17.3 Å². The summed E-state index contributed by atoms with van der Waals surface area (Å²) < 4.78 is 14.3. The van der Waals surface area contributed by atoms with Gasteiger partial charge in [0.25, 0.3) is 0 Å². The summed E-state index contributed by atoms with van der Waals surface area (Å²) in [5.74, 6) is -0.159. The Morgan fingerprint density at radius 1 is 1.14 bits per heavy atom. The number of benzene rings is 2. The fraction of sp³-hybridized carbons (Fsp3) is 0.333. The van der Waals surface area contributed by atoms with Gasteiger partial charge in [-0.25, -0.2) is 4.39 Å². The van der Waals surface area contributed by atoms with Crippen LogP contribution in [-0.4, -0.2) is 12.6 Å². The number of hydrogen-bond acceptors (Lipinski definition) is 2. The van der Waals surface area contributed by atoms with Gasteiger partial charge >= 0.3 is 0 Å². The van der Waals surface area contributed by atoms with Gasteiger partial charge in [-0.3, -0.25) is 0 Å². The Hall–Kier alpha value is -1.87. The van der Waals surface area contributed by atoms with Gasteiger partial charge in [0, 0.05) is 29.5 Å². The number of hydrogen-bond donors (Lipinski definition) is 1. The Morgan fingerprint density at radius 3 is 2.71 bits per heavy atom. The summed E-state index contributed by atoms with van der Waals surface area (Å²) in [4.78, 5) is 2.24. The largest absolute Gasteiger partial charge is 0.341 e. The monoisotopic (exact) mass is 284 g/mol. The molecule has 1 aliphatic heterocycles. The number of rotatable bonds is 3. The molecule has 0 spiro atoms. The maximum Gasteiger partial charge on any atom is 0.128 e. The van der Waals surface area contributed by atoms with Crippen molar-refractivity contribution in [2.45, 2.75) is 32.2 Å². The zero-order valence-electron chi connectivity index (χ0n) is 12.3. The van der Waals surface area contributed by atoms with Crippen molar-refractivity contribution in [2.75, 3.05) is 11.4 Å². The van der Waals surface area contributed by atoms with Gasteiger partial charge in [-0.1, -0.05) is 24.3 Å². The van der Waals surface area contributed by atoms with E-state index in [2.05, 4.69) is 23.1 Å². The third-order valence-corrected chi connectivity index (χ3v) is 4.02. The van der Waals surface area contributed by atoms with E-state index in [4.69, 9.17) is 5.73 Å². The predicted molar refractivity (Wildman–Crippen MR) is 85.5 cm³/mol. The minimum atomic E-state index is -0.159. The molecule has 0 bridgehead atoms. The van der Waals surface area contributed by atoms with Crippen molar-refractivity contribution >= 4 is 11.4 Å². The highest BCUT2D eigenvalue weighted by Gasteiger charge is 2.21. The summed E-state index contributed by atoms with van der Waals surface area (Å²) in [7, 11) is 0. The Bertz CT molecular complexity index is 637. The third kappa shape index (κ3) is 2.79. The first-order valence-electron chi connectivity index (χ1n) is 7.55. The number of fused-ring (bicyclic) bond motifs is 1.